The average molecular weight is 258 g/mol. The van der Waals surface area contributed by atoms with Crippen LogP contribution < -0.4 is 0 Å². The smallest absolute Gasteiger partial charge is 0.263 e. The number of aryl methyl sites for hydroxylation is 1. The van der Waals surface area contributed by atoms with Crippen molar-refractivity contribution in [3.05, 3.63) is 21.9 Å². The van der Waals surface area contributed by atoms with Gasteiger partial charge in [-0.25, -0.2) is 0 Å². The zero-order chi connectivity index (χ0) is 11.5. The molecule has 0 atom stereocenters. The van der Waals surface area contributed by atoms with Crippen molar-refractivity contribution in [1.29, 1.82) is 0 Å². The van der Waals surface area contributed by atoms with Gasteiger partial charge >= 0.3 is 0 Å². The van der Waals surface area contributed by atoms with Gasteiger partial charge in [0.15, 0.2) is 0 Å². The van der Waals surface area contributed by atoms with Crippen LogP contribution in [0.3, 0.4) is 0 Å². The van der Waals surface area contributed by atoms with Crippen molar-refractivity contribution in [3.63, 3.8) is 0 Å². The van der Waals surface area contributed by atoms with E-state index in [9.17, 15) is 4.79 Å². The minimum Gasteiger partial charge on any atom is -0.338 e. The highest BCUT2D eigenvalue weighted by molar-refractivity contribution is 7.13. The van der Waals surface area contributed by atoms with Crippen LogP contribution in [0.4, 0.5) is 0 Å². The summed E-state index contributed by atoms with van der Waals surface area (Å²) >= 11 is 7.41. The number of hydrogen-bond donors (Lipinski definition) is 0. The van der Waals surface area contributed by atoms with Crippen LogP contribution in [-0.4, -0.2) is 29.8 Å². The molecule has 1 aromatic heterocycles. The number of halogens is 1. The number of thiophene rings is 1. The summed E-state index contributed by atoms with van der Waals surface area (Å²) in [6.07, 6.45) is 2.08. The Morgan fingerprint density at radius 1 is 1.50 bits per heavy atom. The van der Waals surface area contributed by atoms with E-state index in [1.54, 1.807) is 11.3 Å². The molecule has 4 heteroatoms. The van der Waals surface area contributed by atoms with Crippen LogP contribution >= 0.6 is 22.9 Å². The Bertz CT molecular complexity index is 369. The van der Waals surface area contributed by atoms with Crippen molar-refractivity contribution >= 4 is 28.8 Å². The summed E-state index contributed by atoms with van der Waals surface area (Å²) in [4.78, 5) is 16.1. The van der Waals surface area contributed by atoms with Gasteiger partial charge in [-0.15, -0.1) is 22.9 Å². The largest absolute Gasteiger partial charge is 0.338 e. The highest BCUT2D eigenvalue weighted by Crippen LogP contribution is 2.22. The molecule has 1 aliphatic rings. The van der Waals surface area contributed by atoms with Crippen molar-refractivity contribution < 1.29 is 4.79 Å². The molecule has 0 saturated carbocycles. The minimum absolute atomic E-state index is 0.186. The van der Waals surface area contributed by atoms with Gasteiger partial charge in [-0.2, -0.15) is 0 Å². The molecule has 16 heavy (non-hydrogen) atoms. The van der Waals surface area contributed by atoms with E-state index in [4.69, 9.17) is 11.6 Å². The summed E-state index contributed by atoms with van der Waals surface area (Å²) in [7, 11) is 0. The van der Waals surface area contributed by atoms with Crippen molar-refractivity contribution in [2.45, 2.75) is 19.8 Å². The van der Waals surface area contributed by atoms with E-state index >= 15 is 0 Å². The topological polar surface area (TPSA) is 20.3 Å². The SMILES string of the molecule is Cc1ccc(C(=O)N2CCC(CCl)CC2)s1. The lowest BCUT2D eigenvalue weighted by Crippen LogP contribution is -2.38. The molecule has 0 aromatic carbocycles. The average Bonchev–Trinajstić information content (AvgIpc) is 2.75. The van der Waals surface area contributed by atoms with Crippen LogP contribution in [0.5, 0.6) is 0 Å². The number of nitrogens with zero attached hydrogens (tertiary/aromatic N) is 1. The Labute approximate surface area is 105 Å². The lowest BCUT2D eigenvalue weighted by atomic mass is 9.99. The second kappa shape index (κ2) is 5.19. The van der Waals surface area contributed by atoms with Gasteiger partial charge in [0.2, 0.25) is 0 Å². The third-order valence-electron chi connectivity index (χ3n) is 3.07. The first-order valence-corrected chi connectivity index (χ1v) is 6.97. The number of carbonyl (C=O) groups is 1. The molecule has 0 unspecified atom stereocenters. The van der Waals surface area contributed by atoms with Crippen LogP contribution in [-0.2, 0) is 0 Å². The second-order valence-corrected chi connectivity index (χ2v) is 5.90. The monoisotopic (exact) mass is 257 g/mol. The fourth-order valence-corrected chi connectivity index (χ4v) is 3.14. The summed E-state index contributed by atoms with van der Waals surface area (Å²) in [5.41, 5.74) is 0. The maximum Gasteiger partial charge on any atom is 0.263 e. The van der Waals surface area contributed by atoms with Crippen LogP contribution in [0.2, 0.25) is 0 Å². The van der Waals surface area contributed by atoms with E-state index in [1.165, 1.54) is 4.88 Å². The van der Waals surface area contributed by atoms with E-state index in [0.29, 0.717) is 5.92 Å². The van der Waals surface area contributed by atoms with Crippen LogP contribution in [0.15, 0.2) is 12.1 Å². The molecule has 1 fully saturated rings. The highest BCUT2D eigenvalue weighted by Gasteiger charge is 2.23. The first-order chi connectivity index (χ1) is 7.70. The molecule has 0 radical (unpaired) electrons. The van der Waals surface area contributed by atoms with E-state index in [2.05, 4.69) is 0 Å². The van der Waals surface area contributed by atoms with Gasteiger partial charge in [0, 0.05) is 23.8 Å². The van der Waals surface area contributed by atoms with Crippen molar-refractivity contribution in [1.82, 2.24) is 4.90 Å². The molecule has 2 heterocycles. The molecule has 1 saturated heterocycles. The molecule has 0 spiro atoms. The predicted octanol–water partition coefficient (Wildman–Crippen LogP) is 3.15. The van der Waals surface area contributed by atoms with Crippen molar-refractivity contribution in [3.8, 4) is 0 Å². The summed E-state index contributed by atoms with van der Waals surface area (Å²) in [6.45, 7) is 3.74. The number of carbonyl (C=O) groups excluding carboxylic acids is 1. The van der Waals surface area contributed by atoms with Crippen LogP contribution in [0, 0.1) is 12.8 Å². The van der Waals surface area contributed by atoms with Crippen LogP contribution in [0.25, 0.3) is 0 Å². The molecule has 0 N–H and O–H groups in total. The molecular weight excluding hydrogens is 242 g/mol. The highest BCUT2D eigenvalue weighted by atomic mass is 35.5. The Balaban J connectivity index is 1.96. The van der Waals surface area contributed by atoms with Crippen LogP contribution in [0.1, 0.15) is 27.4 Å². The summed E-state index contributed by atoms with van der Waals surface area (Å²) in [5, 5.41) is 0. The molecular formula is C12H16ClNOS. The Hall–Kier alpha value is -0.540. The van der Waals surface area contributed by atoms with Crippen molar-refractivity contribution in [2.24, 2.45) is 5.92 Å². The predicted molar refractivity (Wildman–Crippen MR) is 68.4 cm³/mol. The quantitative estimate of drug-likeness (QED) is 0.746. The number of alkyl halides is 1. The standard InChI is InChI=1S/C12H16ClNOS/c1-9-2-3-11(16-9)12(15)14-6-4-10(8-13)5-7-14/h2-3,10H,4-8H2,1H3. The number of likely N-dealkylation sites (tertiary alicyclic amines) is 1. The minimum atomic E-state index is 0.186. The number of hydrogen-bond acceptors (Lipinski definition) is 2. The van der Waals surface area contributed by atoms with E-state index in [-0.39, 0.29) is 5.91 Å². The third kappa shape index (κ3) is 2.58. The van der Waals surface area contributed by atoms with Gasteiger partial charge in [-0.3, -0.25) is 4.79 Å². The van der Waals surface area contributed by atoms with E-state index in [1.807, 2.05) is 24.0 Å². The third-order valence-corrected chi connectivity index (χ3v) is 4.50. The first-order valence-electron chi connectivity index (χ1n) is 5.62. The Morgan fingerprint density at radius 3 is 2.69 bits per heavy atom. The maximum atomic E-state index is 12.1. The van der Waals surface area contributed by atoms with Gasteiger partial charge in [-0.05, 0) is 37.8 Å². The van der Waals surface area contributed by atoms with Gasteiger partial charge in [-0.1, -0.05) is 0 Å². The Morgan fingerprint density at radius 2 is 2.19 bits per heavy atom. The Kier molecular flexibility index (Phi) is 3.87. The van der Waals surface area contributed by atoms with Gasteiger partial charge in [0.25, 0.3) is 5.91 Å². The normalized spacial score (nSPS) is 17.8. The molecule has 1 aliphatic heterocycles. The summed E-state index contributed by atoms with van der Waals surface area (Å²) in [6, 6.07) is 3.93. The number of rotatable bonds is 2. The molecule has 2 rings (SSSR count). The lowest BCUT2D eigenvalue weighted by molar-refractivity contribution is 0.0703. The van der Waals surface area contributed by atoms with Gasteiger partial charge < -0.3 is 4.90 Å². The summed E-state index contributed by atoms with van der Waals surface area (Å²) in [5.74, 6) is 1.50. The van der Waals surface area contributed by atoms with E-state index < -0.39 is 0 Å². The number of amides is 1. The molecule has 2 nitrogen and oxygen atoms in total. The molecule has 0 aliphatic carbocycles. The van der Waals surface area contributed by atoms with Gasteiger partial charge in [0.1, 0.15) is 0 Å². The second-order valence-electron chi connectivity index (χ2n) is 4.30. The molecule has 88 valence electrons. The molecule has 1 aromatic rings. The van der Waals surface area contributed by atoms with E-state index in [0.717, 1.165) is 36.7 Å². The van der Waals surface area contributed by atoms with Gasteiger partial charge in [0.05, 0.1) is 4.88 Å². The molecule has 1 amide bonds. The fourth-order valence-electron chi connectivity index (χ4n) is 2.00. The van der Waals surface area contributed by atoms with Crippen molar-refractivity contribution in [2.75, 3.05) is 19.0 Å². The fraction of sp³-hybridized carbons (Fsp3) is 0.583. The zero-order valence-electron chi connectivity index (χ0n) is 9.41. The first kappa shape index (κ1) is 11.9. The molecule has 0 bridgehead atoms. The lowest BCUT2D eigenvalue weighted by Gasteiger charge is -2.30. The number of piperidine rings is 1. The summed E-state index contributed by atoms with van der Waals surface area (Å²) < 4.78 is 0. The zero-order valence-corrected chi connectivity index (χ0v) is 11.0. The maximum absolute atomic E-state index is 12.1.